The van der Waals surface area contributed by atoms with Crippen molar-refractivity contribution in [2.75, 3.05) is 0 Å². The number of aliphatic carboxylic acids is 1. The van der Waals surface area contributed by atoms with Crippen molar-refractivity contribution in [2.45, 2.75) is 32.0 Å². The summed E-state index contributed by atoms with van der Waals surface area (Å²) >= 11 is 0. The van der Waals surface area contributed by atoms with Crippen molar-refractivity contribution in [3.05, 3.63) is 48.6 Å². The van der Waals surface area contributed by atoms with Crippen LogP contribution in [0.4, 0.5) is 0 Å². The summed E-state index contributed by atoms with van der Waals surface area (Å²) in [4.78, 5) is 11.1. The predicted molar refractivity (Wildman–Crippen MR) is 73.8 cm³/mol. The zero-order chi connectivity index (χ0) is 13.8. The van der Waals surface area contributed by atoms with Gasteiger partial charge in [-0.15, -0.1) is 6.58 Å². The van der Waals surface area contributed by atoms with Gasteiger partial charge < -0.3 is 9.84 Å². The molecule has 102 valence electrons. The van der Waals surface area contributed by atoms with Crippen LogP contribution in [-0.4, -0.2) is 17.2 Å². The van der Waals surface area contributed by atoms with Crippen LogP contribution in [0.2, 0.25) is 0 Å². The molecule has 0 saturated carbocycles. The summed E-state index contributed by atoms with van der Waals surface area (Å²) < 4.78 is 6.05. The van der Waals surface area contributed by atoms with Gasteiger partial charge in [0.15, 0.2) is 0 Å². The summed E-state index contributed by atoms with van der Waals surface area (Å²) in [7, 11) is 0. The Morgan fingerprint density at radius 3 is 2.68 bits per heavy atom. The van der Waals surface area contributed by atoms with Crippen molar-refractivity contribution in [3.63, 3.8) is 0 Å². The highest BCUT2D eigenvalue weighted by atomic mass is 16.5. The van der Waals surface area contributed by atoms with Gasteiger partial charge >= 0.3 is 5.97 Å². The van der Waals surface area contributed by atoms with Crippen LogP contribution in [0.15, 0.2) is 43.0 Å². The van der Waals surface area contributed by atoms with Crippen LogP contribution >= 0.6 is 0 Å². The molecule has 1 fully saturated rings. The lowest BCUT2D eigenvalue weighted by molar-refractivity contribution is -0.154. The molecular weight excluding hydrogens is 240 g/mol. The number of ether oxygens (including phenoxy) is 1. The fraction of sp³-hybridized carbons (Fsp3) is 0.438. The molecule has 3 heteroatoms. The molecule has 1 heterocycles. The highest BCUT2D eigenvalue weighted by Crippen LogP contribution is 2.38. The second-order valence-corrected chi connectivity index (χ2v) is 5.11. The number of hydrogen-bond acceptors (Lipinski definition) is 2. The van der Waals surface area contributed by atoms with Gasteiger partial charge in [0, 0.05) is 5.92 Å². The summed E-state index contributed by atoms with van der Waals surface area (Å²) in [6.45, 7) is 5.58. The second-order valence-electron chi connectivity index (χ2n) is 5.11. The van der Waals surface area contributed by atoms with Gasteiger partial charge in [0.2, 0.25) is 0 Å². The molecule has 0 aliphatic carbocycles. The molecule has 1 aromatic rings. The van der Waals surface area contributed by atoms with Crippen LogP contribution < -0.4 is 0 Å². The average molecular weight is 260 g/mol. The third kappa shape index (κ3) is 3.04. The number of carbonyl (C=O) groups is 1. The quantitative estimate of drug-likeness (QED) is 0.844. The van der Waals surface area contributed by atoms with Gasteiger partial charge in [0.05, 0.1) is 18.1 Å². The Hall–Kier alpha value is -1.61. The van der Waals surface area contributed by atoms with Crippen molar-refractivity contribution in [2.24, 2.45) is 11.8 Å². The first kappa shape index (κ1) is 13.8. The zero-order valence-electron chi connectivity index (χ0n) is 11.2. The monoisotopic (exact) mass is 260 g/mol. The molecule has 1 saturated heterocycles. The molecule has 0 amide bonds. The molecule has 1 aromatic carbocycles. The molecular formula is C16H20O3. The van der Waals surface area contributed by atoms with Gasteiger partial charge in [-0.25, -0.2) is 0 Å². The lowest BCUT2D eigenvalue weighted by atomic mass is 9.85. The molecule has 1 aliphatic rings. The molecule has 0 bridgehead atoms. The first-order valence-electron chi connectivity index (χ1n) is 6.69. The van der Waals surface area contributed by atoms with Gasteiger partial charge in [0.1, 0.15) is 0 Å². The van der Waals surface area contributed by atoms with E-state index in [1.807, 2.05) is 36.4 Å². The molecule has 3 nitrogen and oxygen atoms in total. The highest BCUT2D eigenvalue weighted by Gasteiger charge is 2.35. The summed E-state index contributed by atoms with van der Waals surface area (Å²) in [6, 6.07) is 9.96. The normalized spacial score (nSPS) is 28.6. The van der Waals surface area contributed by atoms with E-state index in [-0.39, 0.29) is 18.1 Å². The molecule has 1 N–H and O–H groups in total. The van der Waals surface area contributed by atoms with Crippen LogP contribution in [0.1, 0.15) is 31.4 Å². The molecule has 19 heavy (non-hydrogen) atoms. The molecule has 1 aliphatic heterocycles. The SMILES string of the molecule is C=C[C@@H]1CC[C@@H](C(C)C(=O)O)O[C@H]1c1ccccc1. The first-order valence-corrected chi connectivity index (χ1v) is 6.69. The first-order chi connectivity index (χ1) is 9.13. The van der Waals surface area contributed by atoms with Crippen LogP contribution in [0.3, 0.4) is 0 Å². The van der Waals surface area contributed by atoms with E-state index in [2.05, 4.69) is 6.58 Å². The molecule has 0 aromatic heterocycles. The Morgan fingerprint density at radius 1 is 1.42 bits per heavy atom. The summed E-state index contributed by atoms with van der Waals surface area (Å²) in [5.41, 5.74) is 1.09. The van der Waals surface area contributed by atoms with E-state index in [1.54, 1.807) is 6.92 Å². The van der Waals surface area contributed by atoms with Gasteiger partial charge in [-0.2, -0.15) is 0 Å². The number of carboxylic acid groups (broad SMARTS) is 1. The fourth-order valence-electron chi connectivity index (χ4n) is 2.60. The predicted octanol–water partition coefficient (Wildman–Crippen LogP) is 3.43. The summed E-state index contributed by atoms with van der Waals surface area (Å²) in [6.07, 6.45) is 3.30. The standard InChI is InChI=1S/C16H20O3/c1-3-12-9-10-14(11(2)16(17)18)19-15(12)13-7-5-4-6-8-13/h3-8,11-12,14-15H,1,9-10H2,2H3,(H,17,18)/t11?,12-,14+,15-/m1/s1. The molecule has 1 unspecified atom stereocenters. The Balaban J connectivity index is 2.18. The third-order valence-electron chi connectivity index (χ3n) is 3.87. The van der Waals surface area contributed by atoms with Crippen LogP contribution in [0.5, 0.6) is 0 Å². The van der Waals surface area contributed by atoms with Crippen molar-refractivity contribution in [3.8, 4) is 0 Å². The van der Waals surface area contributed by atoms with Gasteiger partial charge in [-0.05, 0) is 25.3 Å². The summed E-state index contributed by atoms with van der Waals surface area (Å²) in [5, 5.41) is 9.11. The minimum Gasteiger partial charge on any atom is -0.481 e. The van der Waals surface area contributed by atoms with E-state index in [4.69, 9.17) is 9.84 Å². The van der Waals surface area contributed by atoms with Crippen LogP contribution in [0.25, 0.3) is 0 Å². The van der Waals surface area contributed by atoms with E-state index < -0.39 is 11.9 Å². The fourth-order valence-corrected chi connectivity index (χ4v) is 2.60. The molecule has 0 spiro atoms. The third-order valence-corrected chi connectivity index (χ3v) is 3.87. The topological polar surface area (TPSA) is 46.5 Å². The lowest BCUT2D eigenvalue weighted by Crippen LogP contribution is -2.35. The minimum atomic E-state index is -0.797. The molecule has 2 rings (SSSR count). The van der Waals surface area contributed by atoms with Crippen molar-refractivity contribution < 1.29 is 14.6 Å². The van der Waals surface area contributed by atoms with E-state index in [1.165, 1.54) is 0 Å². The lowest BCUT2D eigenvalue weighted by Gasteiger charge is -2.37. The highest BCUT2D eigenvalue weighted by molar-refractivity contribution is 5.70. The Labute approximate surface area is 113 Å². The number of benzene rings is 1. The Bertz CT molecular complexity index is 441. The maximum Gasteiger partial charge on any atom is 0.308 e. The smallest absolute Gasteiger partial charge is 0.308 e. The molecule has 4 atom stereocenters. The maximum absolute atomic E-state index is 11.1. The Morgan fingerprint density at radius 2 is 2.11 bits per heavy atom. The maximum atomic E-state index is 11.1. The zero-order valence-corrected chi connectivity index (χ0v) is 11.2. The van der Waals surface area contributed by atoms with Crippen molar-refractivity contribution >= 4 is 5.97 Å². The minimum absolute atomic E-state index is 0.0840. The number of carboxylic acids is 1. The van der Waals surface area contributed by atoms with Gasteiger partial charge in [-0.3, -0.25) is 4.79 Å². The van der Waals surface area contributed by atoms with E-state index in [9.17, 15) is 4.79 Å². The number of hydrogen-bond donors (Lipinski definition) is 1. The van der Waals surface area contributed by atoms with Crippen LogP contribution in [0, 0.1) is 11.8 Å². The molecule has 0 radical (unpaired) electrons. The second kappa shape index (κ2) is 6.02. The van der Waals surface area contributed by atoms with E-state index in [0.717, 1.165) is 18.4 Å². The van der Waals surface area contributed by atoms with E-state index in [0.29, 0.717) is 0 Å². The number of rotatable bonds is 4. The van der Waals surface area contributed by atoms with Gasteiger partial charge in [-0.1, -0.05) is 36.4 Å². The summed E-state index contributed by atoms with van der Waals surface area (Å²) in [5.74, 6) is -1.02. The van der Waals surface area contributed by atoms with E-state index >= 15 is 0 Å². The van der Waals surface area contributed by atoms with Gasteiger partial charge in [0.25, 0.3) is 0 Å². The Kier molecular flexibility index (Phi) is 4.38. The largest absolute Gasteiger partial charge is 0.481 e. The average Bonchev–Trinajstić information content (AvgIpc) is 2.46. The van der Waals surface area contributed by atoms with Crippen molar-refractivity contribution in [1.29, 1.82) is 0 Å². The van der Waals surface area contributed by atoms with Crippen LogP contribution in [-0.2, 0) is 9.53 Å². The van der Waals surface area contributed by atoms with Crippen molar-refractivity contribution in [1.82, 2.24) is 0 Å².